The number of hydrogen-bond acceptors (Lipinski definition) is 2. The molecule has 2 N–H and O–H groups in total. The molecular weight excluding hydrogens is 270 g/mol. The van der Waals surface area contributed by atoms with E-state index in [2.05, 4.69) is 5.32 Å². The van der Waals surface area contributed by atoms with E-state index in [1.807, 2.05) is 0 Å². The van der Waals surface area contributed by atoms with Crippen molar-refractivity contribution in [3.63, 3.8) is 0 Å². The summed E-state index contributed by atoms with van der Waals surface area (Å²) in [6, 6.07) is 5.99. The number of rotatable bonds is 3. The van der Waals surface area contributed by atoms with Crippen LogP contribution in [0.2, 0.25) is 0 Å². The number of carbonyl (C=O) groups is 2. The molecule has 1 unspecified atom stereocenters. The number of urea groups is 1. The lowest BCUT2D eigenvalue weighted by molar-refractivity contribution is -0.139. The smallest absolute Gasteiger partial charge is 0.322 e. The molecule has 20 heavy (non-hydrogen) atoms. The zero-order valence-electron chi connectivity index (χ0n) is 10.6. The fourth-order valence-electron chi connectivity index (χ4n) is 2.29. The van der Waals surface area contributed by atoms with Gasteiger partial charge in [-0.05, 0) is 18.1 Å². The third-order valence-corrected chi connectivity index (χ3v) is 3.20. The topological polar surface area (TPSA) is 69.6 Å². The monoisotopic (exact) mass is 284 g/mol. The molecule has 5 nitrogen and oxygen atoms in total. The van der Waals surface area contributed by atoms with Crippen LogP contribution in [-0.2, 0) is 4.79 Å². The van der Waals surface area contributed by atoms with Gasteiger partial charge in [-0.15, -0.1) is 0 Å². The van der Waals surface area contributed by atoms with Crippen LogP contribution < -0.4 is 10.2 Å². The first-order chi connectivity index (χ1) is 9.50. The van der Waals surface area contributed by atoms with Crippen molar-refractivity contribution in [3.8, 4) is 0 Å². The maximum Gasteiger partial charge on any atom is 0.322 e. The molecule has 108 valence electrons. The second-order valence-corrected chi connectivity index (χ2v) is 4.47. The van der Waals surface area contributed by atoms with Gasteiger partial charge >= 0.3 is 12.0 Å². The molecule has 1 heterocycles. The third-order valence-electron chi connectivity index (χ3n) is 3.20. The Labute approximate surface area is 114 Å². The van der Waals surface area contributed by atoms with E-state index in [1.54, 1.807) is 24.3 Å². The van der Waals surface area contributed by atoms with E-state index in [4.69, 9.17) is 5.11 Å². The molecule has 1 aliphatic heterocycles. The summed E-state index contributed by atoms with van der Waals surface area (Å²) in [6.07, 6.45) is -2.36. The first-order valence-corrected chi connectivity index (χ1v) is 6.16. The van der Waals surface area contributed by atoms with Gasteiger partial charge in [0.25, 0.3) is 6.43 Å². The van der Waals surface area contributed by atoms with Crippen LogP contribution in [0.4, 0.5) is 19.3 Å². The highest BCUT2D eigenvalue weighted by Crippen LogP contribution is 2.35. The number of alkyl halides is 2. The van der Waals surface area contributed by atoms with Crippen molar-refractivity contribution in [2.45, 2.75) is 18.8 Å². The number of nitrogens with zero attached hydrogens (tertiary/aromatic N) is 1. The number of nitrogens with one attached hydrogen (secondary N) is 1. The van der Waals surface area contributed by atoms with Gasteiger partial charge in [0, 0.05) is 12.2 Å². The summed E-state index contributed by atoms with van der Waals surface area (Å²) >= 11 is 0. The Kier molecular flexibility index (Phi) is 4.16. The van der Waals surface area contributed by atoms with Crippen LogP contribution in [0.5, 0.6) is 0 Å². The van der Waals surface area contributed by atoms with Crippen LogP contribution in [-0.4, -0.2) is 36.6 Å². The van der Waals surface area contributed by atoms with E-state index in [0.29, 0.717) is 11.3 Å². The normalized spacial score (nSPS) is 17.8. The molecule has 0 spiro atoms. The number of fused-ring (bicyclic) bond motifs is 1. The predicted molar refractivity (Wildman–Crippen MR) is 68.2 cm³/mol. The highest BCUT2D eigenvalue weighted by Gasteiger charge is 2.32. The molecule has 0 saturated heterocycles. The maximum atomic E-state index is 12.1. The molecule has 0 aromatic heterocycles. The second-order valence-electron chi connectivity index (χ2n) is 4.47. The van der Waals surface area contributed by atoms with Gasteiger partial charge in [0.05, 0.1) is 12.5 Å². The largest absolute Gasteiger partial charge is 0.481 e. The van der Waals surface area contributed by atoms with Crippen molar-refractivity contribution < 1.29 is 23.5 Å². The Bertz CT molecular complexity index is 522. The Balaban J connectivity index is 2.23. The van der Waals surface area contributed by atoms with E-state index in [9.17, 15) is 18.4 Å². The average molecular weight is 284 g/mol. The number of carboxylic acid groups (broad SMARTS) is 1. The molecule has 7 heteroatoms. The quantitative estimate of drug-likeness (QED) is 0.892. The fourth-order valence-corrected chi connectivity index (χ4v) is 2.29. The molecule has 0 aliphatic carbocycles. The predicted octanol–water partition coefficient (Wildman–Crippen LogP) is 2.04. The number of hydrogen-bond donors (Lipinski definition) is 2. The molecule has 1 aromatic carbocycles. The SMILES string of the molecule is O=C(O)C1CCN(C(=O)NCC(F)F)c2ccccc21. The molecule has 1 aromatic rings. The van der Waals surface area contributed by atoms with Crippen LogP contribution in [0.25, 0.3) is 0 Å². The molecule has 2 rings (SSSR count). The number of para-hydroxylation sites is 1. The molecule has 0 bridgehead atoms. The minimum atomic E-state index is -2.62. The average Bonchev–Trinajstić information content (AvgIpc) is 2.43. The summed E-state index contributed by atoms with van der Waals surface area (Å²) in [6.45, 7) is -0.539. The molecular formula is C13H14F2N2O3. The number of anilines is 1. The molecule has 0 saturated carbocycles. The molecule has 1 atom stereocenters. The van der Waals surface area contributed by atoms with Crippen molar-refractivity contribution in [2.24, 2.45) is 0 Å². The zero-order chi connectivity index (χ0) is 14.7. The van der Waals surface area contributed by atoms with Gasteiger partial charge < -0.3 is 10.4 Å². The number of carboxylic acids is 1. The van der Waals surface area contributed by atoms with Gasteiger partial charge in [0.2, 0.25) is 0 Å². The van der Waals surface area contributed by atoms with Gasteiger partial charge in [0.1, 0.15) is 0 Å². The summed E-state index contributed by atoms with van der Waals surface area (Å²) in [5, 5.41) is 11.3. The first kappa shape index (κ1) is 14.2. The number of amides is 2. The Morgan fingerprint density at radius 2 is 2.10 bits per heavy atom. The minimum absolute atomic E-state index is 0.184. The van der Waals surface area contributed by atoms with Crippen LogP contribution in [0.1, 0.15) is 17.9 Å². The lowest BCUT2D eigenvalue weighted by atomic mass is 9.90. The number of carbonyl (C=O) groups excluding carboxylic acids is 1. The van der Waals surface area contributed by atoms with Gasteiger partial charge in [-0.3, -0.25) is 9.69 Å². The first-order valence-electron chi connectivity index (χ1n) is 6.16. The number of aliphatic carboxylic acids is 1. The van der Waals surface area contributed by atoms with E-state index in [-0.39, 0.29) is 13.0 Å². The van der Waals surface area contributed by atoms with Gasteiger partial charge in [0.15, 0.2) is 0 Å². The number of halogens is 2. The van der Waals surface area contributed by atoms with E-state index in [1.165, 1.54) is 4.90 Å². The number of benzene rings is 1. The fraction of sp³-hybridized carbons (Fsp3) is 0.385. The van der Waals surface area contributed by atoms with Gasteiger partial charge in [-0.1, -0.05) is 18.2 Å². The van der Waals surface area contributed by atoms with Crippen molar-refractivity contribution in [1.29, 1.82) is 0 Å². The van der Waals surface area contributed by atoms with Crippen LogP contribution >= 0.6 is 0 Å². The van der Waals surface area contributed by atoms with Crippen LogP contribution in [0, 0.1) is 0 Å². The maximum absolute atomic E-state index is 12.1. The Hall–Kier alpha value is -2.18. The van der Waals surface area contributed by atoms with E-state index < -0.39 is 30.9 Å². The standard InChI is InChI=1S/C13H14F2N2O3/c14-11(15)7-16-13(20)17-6-5-9(12(18)19)8-3-1-2-4-10(8)17/h1-4,9,11H,5-7H2,(H,16,20)(H,18,19). The molecule has 2 amide bonds. The Morgan fingerprint density at radius 3 is 2.75 bits per heavy atom. The lowest BCUT2D eigenvalue weighted by Gasteiger charge is -2.32. The highest BCUT2D eigenvalue weighted by atomic mass is 19.3. The summed E-state index contributed by atoms with van der Waals surface area (Å²) in [4.78, 5) is 24.4. The summed E-state index contributed by atoms with van der Waals surface area (Å²) in [5.74, 6) is -1.63. The second kappa shape index (κ2) is 5.85. The minimum Gasteiger partial charge on any atom is -0.481 e. The van der Waals surface area contributed by atoms with E-state index in [0.717, 1.165) is 0 Å². The molecule has 0 fully saturated rings. The lowest BCUT2D eigenvalue weighted by Crippen LogP contribution is -2.45. The zero-order valence-corrected chi connectivity index (χ0v) is 10.6. The van der Waals surface area contributed by atoms with Crippen molar-refractivity contribution in [2.75, 3.05) is 18.0 Å². The summed E-state index contributed by atoms with van der Waals surface area (Å²) < 4.78 is 24.2. The van der Waals surface area contributed by atoms with Crippen molar-refractivity contribution in [1.82, 2.24) is 5.32 Å². The summed E-state index contributed by atoms with van der Waals surface area (Å²) in [7, 11) is 0. The summed E-state index contributed by atoms with van der Waals surface area (Å²) in [5.41, 5.74) is 0.983. The molecule has 1 aliphatic rings. The highest BCUT2D eigenvalue weighted by molar-refractivity contribution is 5.95. The van der Waals surface area contributed by atoms with Crippen LogP contribution in [0.15, 0.2) is 24.3 Å². The van der Waals surface area contributed by atoms with E-state index >= 15 is 0 Å². The van der Waals surface area contributed by atoms with Crippen molar-refractivity contribution in [3.05, 3.63) is 29.8 Å². The van der Waals surface area contributed by atoms with Gasteiger partial charge in [-0.25, -0.2) is 13.6 Å². The van der Waals surface area contributed by atoms with Gasteiger partial charge in [-0.2, -0.15) is 0 Å². The van der Waals surface area contributed by atoms with Crippen LogP contribution in [0.3, 0.4) is 0 Å². The molecule has 0 radical (unpaired) electrons. The Morgan fingerprint density at radius 1 is 1.40 bits per heavy atom. The third kappa shape index (κ3) is 2.87. The van der Waals surface area contributed by atoms with Crippen molar-refractivity contribution >= 4 is 17.7 Å².